The SMILES string of the molecule is Cc1cc(C)cc(NC(=O)C2=NN(c3cccc(C)c3)C(=O)CC2)c1. The second kappa shape index (κ2) is 6.89. The Morgan fingerprint density at radius 3 is 2.40 bits per heavy atom. The molecule has 1 N–H and O–H groups in total. The van der Waals surface area contributed by atoms with Gasteiger partial charge in [0.05, 0.1) is 5.69 Å². The molecule has 5 nitrogen and oxygen atoms in total. The minimum absolute atomic E-state index is 0.103. The molecule has 2 aromatic rings. The van der Waals surface area contributed by atoms with Crippen molar-refractivity contribution in [3.8, 4) is 0 Å². The van der Waals surface area contributed by atoms with Gasteiger partial charge in [-0.2, -0.15) is 5.10 Å². The zero-order valence-electron chi connectivity index (χ0n) is 14.7. The Balaban J connectivity index is 1.84. The second-order valence-corrected chi connectivity index (χ2v) is 6.42. The number of hydrazone groups is 1. The summed E-state index contributed by atoms with van der Waals surface area (Å²) >= 11 is 0. The third-order valence-electron chi connectivity index (χ3n) is 4.02. The van der Waals surface area contributed by atoms with E-state index < -0.39 is 0 Å². The molecule has 0 atom stereocenters. The number of carbonyl (C=O) groups is 2. The molecule has 25 heavy (non-hydrogen) atoms. The smallest absolute Gasteiger partial charge is 0.271 e. The number of carbonyl (C=O) groups excluding carboxylic acids is 2. The van der Waals surface area contributed by atoms with E-state index in [0.29, 0.717) is 17.8 Å². The summed E-state index contributed by atoms with van der Waals surface area (Å²) in [4.78, 5) is 24.8. The predicted molar refractivity (Wildman–Crippen MR) is 99.9 cm³/mol. The molecule has 1 heterocycles. The first-order chi connectivity index (χ1) is 11.9. The van der Waals surface area contributed by atoms with Gasteiger partial charge in [-0.3, -0.25) is 9.59 Å². The highest BCUT2D eigenvalue weighted by Gasteiger charge is 2.25. The molecule has 0 bridgehead atoms. The molecule has 0 saturated heterocycles. The normalized spacial score (nSPS) is 14.3. The standard InChI is InChI=1S/C20H21N3O2/c1-13-5-4-6-17(12-13)23-19(24)8-7-18(22-23)20(25)21-16-10-14(2)9-15(3)11-16/h4-6,9-12H,7-8H2,1-3H3,(H,21,25). The summed E-state index contributed by atoms with van der Waals surface area (Å²) in [6.45, 7) is 5.92. The maximum absolute atomic E-state index is 12.6. The summed E-state index contributed by atoms with van der Waals surface area (Å²) in [7, 11) is 0. The Bertz CT molecular complexity index is 851. The lowest BCUT2D eigenvalue weighted by Crippen LogP contribution is -2.36. The first-order valence-electron chi connectivity index (χ1n) is 8.29. The molecule has 3 rings (SSSR count). The lowest BCUT2D eigenvalue weighted by molar-refractivity contribution is -0.118. The summed E-state index contributed by atoms with van der Waals surface area (Å²) in [5.41, 5.74) is 4.98. The number of benzene rings is 2. The molecule has 1 aliphatic heterocycles. The van der Waals surface area contributed by atoms with Crippen molar-refractivity contribution < 1.29 is 9.59 Å². The molecule has 0 fully saturated rings. The van der Waals surface area contributed by atoms with E-state index in [0.717, 1.165) is 22.4 Å². The minimum atomic E-state index is -0.268. The van der Waals surface area contributed by atoms with Crippen molar-refractivity contribution in [3.63, 3.8) is 0 Å². The van der Waals surface area contributed by atoms with Gasteiger partial charge in [0.25, 0.3) is 5.91 Å². The maximum atomic E-state index is 12.6. The van der Waals surface area contributed by atoms with Crippen LogP contribution >= 0.6 is 0 Å². The van der Waals surface area contributed by atoms with Crippen molar-refractivity contribution in [2.45, 2.75) is 33.6 Å². The molecule has 2 aromatic carbocycles. The van der Waals surface area contributed by atoms with Crippen LogP contribution in [0.25, 0.3) is 0 Å². The van der Waals surface area contributed by atoms with E-state index in [1.165, 1.54) is 5.01 Å². The highest BCUT2D eigenvalue weighted by molar-refractivity contribution is 6.44. The fraction of sp³-hybridized carbons (Fsp3) is 0.250. The van der Waals surface area contributed by atoms with E-state index >= 15 is 0 Å². The fourth-order valence-electron chi connectivity index (χ4n) is 2.93. The summed E-state index contributed by atoms with van der Waals surface area (Å²) in [5, 5.41) is 8.51. The Morgan fingerprint density at radius 2 is 1.72 bits per heavy atom. The van der Waals surface area contributed by atoms with Crippen molar-refractivity contribution in [1.29, 1.82) is 0 Å². The van der Waals surface area contributed by atoms with E-state index in [9.17, 15) is 9.59 Å². The molecule has 0 aliphatic carbocycles. The van der Waals surface area contributed by atoms with Crippen molar-refractivity contribution in [1.82, 2.24) is 0 Å². The summed E-state index contributed by atoms with van der Waals surface area (Å²) < 4.78 is 0. The van der Waals surface area contributed by atoms with E-state index in [2.05, 4.69) is 10.4 Å². The van der Waals surface area contributed by atoms with Crippen LogP contribution in [-0.4, -0.2) is 17.5 Å². The summed E-state index contributed by atoms with van der Waals surface area (Å²) in [6, 6.07) is 13.4. The van der Waals surface area contributed by atoms with Crippen LogP contribution in [0.5, 0.6) is 0 Å². The third-order valence-corrected chi connectivity index (χ3v) is 4.02. The molecule has 0 saturated carbocycles. The molecular weight excluding hydrogens is 314 g/mol. The monoisotopic (exact) mass is 335 g/mol. The van der Waals surface area contributed by atoms with Gasteiger partial charge in [0, 0.05) is 18.5 Å². The molecule has 0 aromatic heterocycles. The zero-order chi connectivity index (χ0) is 18.0. The Labute approximate surface area is 147 Å². The minimum Gasteiger partial charge on any atom is -0.321 e. The van der Waals surface area contributed by atoms with Gasteiger partial charge in [-0.1, -0.05) is 18.2 Å². The predicted octanol–water partition coefficient (Wildman–Crippen LogP) is 3.73. The number of anilines is 2. The Kier molecular flexibility index (Phi) is 4.65. The van der Waals surface area contributed by atoms with Gasteiger partial charge in [0.2, 0.25) is 5.91 Å². The number of nitrogens with zero attached hydrogens (tertiary/aromatic N) is 2. The van der Waals surface area contributed by atoms with Gasteiger partial charge in [-0.05, 0) is 61.7 Å². The van der Waals surface area contributed by atoms with E-state index in [-0.39, 0.29) is 18.2 Å². The first-order valence-corrected chi connectivity index (χ1v) is 8.29. The molecule has 1 aliphatic rings. The quantitative estimate of drug-likeness (QED) is 0.929. The van der Waals surface area contributed by atoms with Gasteiger partial charge in [0.15, 0.2) is 0 Å². The molecule has 0 radical (unpaired) electrons. The zero-order valence-corrected chi connectivity index (χ0v) is 14.7. The molecule has 0 unspecified atom stereocenters. The molecule has 5 heteroatoms. The second-order valence-electron chi connectivity index (χ2n) is 6.42. The number of nitrogens with one attached hydrogen (secondary N) is 1. The fourth-order valence-corrected chi connectivity index (χ4v) is 2.93. The van der Waals surface area contributed by atoms with E-state index in [1.54, 1.807) is 0 Å². The maximum Gasteiger partial charge on any atom is 0.271 e. The van der Waals surface area contributed by atoms with E-state index in [1.807, 2.05) is 63.2 Å². The largest absolute Gasteiger partial charge is 0.321 e. The highest BCUT2D eigenvalue weighted by Crippen LogP contribution is 2.22. The van der Waals surface area contributed by atoms with Crippen molar-refractivity contribution in [2.24, 2.45) is 5.10 Å². The van der Waals surface area contributed by atoms with Gasteiger partial charge < -0.3 is 5.32 Å². The number of amides is 2. The summed E-state index contributed by atoms with van der Waals surface area (Å²) in [6.07, 6.45) is 0.616. The Hall–Kier alpha value is -2.95. The van der Waals surface area contributed by atoms with Crippen LogP contribution < -0.4 is 10.3 Å². The molecule has 0 spiro atoms. The first kappa shape index (κ1) is 16.9. The van der Waals surface area contributed by atoms with Gasteiger partial charge in [-0.15, -0.1) is 0 Å². The number of hydrogen-bond donors (Lipinski definition) is 1. The van der Waals surface area contributed by atoms with Gasteiger partial charge >= 0.3 is 0 Å². The lowest BCUT2D eigenvalue weighted by atomic mass is 10.1. The van der Waals surface area contributed by atoms with Crippen LogP contribution in [0.15, 0.2) is 47.6 Å². The molecular formula is C20H21N3O2. The number of hydrogen-bond acceptors (Lipinski definition) is 3. The van der Waals surface area contributed by atoms with Crippen LogP contribution in [0.2, 0.25) is 0 Å². The van der Waals surface area contributed by atoms with Crippen LogP contribution in [0.3, 0.4) is 0 Å². The topological polar surface area (TPSA) is 61.8 Å². The average Bonchev–Trinajstić information content (AvgIpc) is 2.54. The van der Waals surface area contributed by atoms with Crippen LogP contribution in [0, 0.1) is 20.8 Å². The van der Waals surface area contributed by atoms with Crippen LogP contribution in [-0.2, 0) is 9.59 Å². The van der Waals surface area contributed by atoms with Crippen molar-refractivity contribution >= 4 is 28.9 Å². The lowest BCUT2D eigenvalue weighted by Gasteiger charge is -2.23. The highest BCUT2D eigenvalue weighted by atomic mass is 16.2. The molecule has 128 valence electrons. The van der Waals surface area contributed by atoms with Crippen LogP contribution in [0.4, 0.5) is 11.4 Å². The Morgan fingerprint density at radius 1 is 1.00 bits per heavy atom. The van der Waals surface area contributed by atoms with Gasteiger partial charge in [-0.25, -0.2) is 5.01 Å². The van der Waals surface area contributed by atoms with Crippen LogP contribution in [0.1, 0.15) is 29.5 Å². The average molecular weight is 335 g/mol. The number of aryl methyl sites for hydroxylation is 3. The van der Waals surface area contributed by atoms with E-state index in [4.69, 9.17) is 0 Å². The van der Waals surface area contributed by atoms with Crippen molar-refractivity contribution in [2.75, 3.05) is 10.3 Å². The summed E-state index contributed by atoms with van der Waals surface area (Å²) in [5.74, 6) is -0.372. The van der Waals surface area contributed by atoms with Crippen molar-refractivity contribution in [3.05, 3.63) is 59.2 Å². The molecule has 2 amide bonds. The van der Waals surface area contributed by atoms with Gasteiger partial charge in [0.1, 0.15) is 5.71 Å². The number of rotatable bonds is 3. The third kappa shape index (κ3) is 3.94.